The van der Waals surface area contributed by atoms with Crippen LogP contribution in [-0.2, 0) is 42.9 Å². The Morgan fingerprint density at radius 2 is 1.19 bits per heavy atom. The molecule has 2 aliphatic carbocycles. The van der Waals surface area contributed by atoms with Crippen LogP contribution in [0.4, 0.5) is 0 Å². The number of fused-ring (bicyclic) bond motifs is 4. The van der Waals surface area contributed by atoms with Gasteiger partial charge in [0.2, 0.25) is 5.91 Å². The molecule has 2 aromatic carbocycles. The van der Waals surface area contributed by atoms with Crippen molar-refractivity contribution in [3.05, 3.63) is 83.9 Å². The molecule has 5 aliphatic rings. The molecule has 0 spiro atoms. The molecule has 57 heavy (non-hydrogen) atoms. The van der Waals surface area contributed by atoms with Gasteiger partial charge in [0.05, 0.1) is 31.3 Å². The lowest BCUT2D eigenvalue weighted by Crippen LogP contribution is -2.56. The molecular weight excluding hydrogens is 732 g/mol. The zero-order valence-corrected chi connectivity index (χ0v) is 31.2. The Hall–Kier alpha value is -5.33. The van der Waals surface area contributed by atoms with Crippen LogP contribution in [0.2, 0.25) is 0 Å². The van der Waals surface area contributed by atoms with Crippen LogP contribution in [0, 0.1) is 23.7 Å². The van der Waals surface area contributed by atoms with Crippen molar-refractivity contribution in [3.63, 3.8) is 0 Å². The van der Waals surface area contributed by atoms with Gasteiger partial charge in [-0.05, 0) is 81.0 Å². The Morgan fingerprint density at radius 1 is 0.649 bits per heavy atom. The minimum absolute atomic E-state index is 0. The lowest BCUT2D eigenvalue weighted by Gasteiger charge is -2.42. The van der Waals surface area contributed by atoms with Crippen molar-refractivity contribution in [3.8, 4) is 0 Å². The Balaban J connectivity index is 0.000000270. The second kappa shape index (κ2) is 20.2. The number of esters is 4. The number of ether oxygens (including phenoxy) is 4. The van der Waals surface area contributed by atoms with Crippen LogP contribution < -0.4 is 0 Å². The van der Waals surface area contributed by atoms with Crippen molar-refractivity contribution in [1.82, 2.24) is 9.80 Å². The molecule has 0 radical (unpaired) electrons. The first kappa shape index (κ1) is 44.4. The van der Waals surface area contributed by atoms with E-state index in [0.717, 1.165) is 37.0 Å². The van der Waals surface area contributed by atoms with Gasteiger partial charge in [0.25, 0.3) is 11.8 Å². The molecule has 3 aliphatic heterocycles. The second-order valence-corrected chi connectivity index (χ2v) is 14.8. The van der Waals surface area contributed by atoms with Gasteiger partial charge < -0.3 is 23.8 Å². The average molecular weight is 789 g/mol. The predicted octanol–water partition coefficient (Wildman–Crippen LogP) is 5.95. The third-order valence-electron chi connectivity index (χ3n) is 11.6. The molecule has 3 heterocycles. The van der Waals surface area contributed by atoms with E-state index in [1.165, 1.54) is 26.4 Å². The maximum Gasteiger partial charge on any atom is 0.338 e. The van der Waals surface area contributed by atoms with E-state index in [-0.39, 0.29) is 75.5 Å². The molecule has 4 fully saturated rings. The van der Waals surface area contributed by atoms with E-state index in [2.05, 4.69) is 0 Å². The lowest BCUT2D eigenvalue weighted by atomic mass is 9.77. The molecule has 0 N–H and O–H groups in total. The van der Waals surface area contributed by atoms with Crippen molar-refractivity contribution >= 4 is 41.6 Å². The highest BCUT2D eigenvalue weighted by Crippen LogP contribution is 2.47. The van der Waals surface area contributed by atoms with Gasteiger partial charge in [-0.2, -0.15) is 0 Å². The molecule has 13 heteroatoms. The molecule has 3 amide bonds. The van der Waals surface area contributed by atoms with Gasteiger partial charge >= 0.3 is 23.9 Å². The molecular formula is C44H56N2O11. The summed E-state index contributed by atoms with van der Waals surface area (Å²) in [5.41, 5.74) is 0.932. The van der Waals surface area contributed by atoms with Gasteiger partial charge in [-0.3, -0.25) is 28.9 Å². The first-order valence-corrected chi connectivity index (χ1v) is 19.1. The van der Waals surface area contributed by atoms with E-state index < -0.39 is 30.0 Å². The molecule has 7 rings (SSSR count). The third kappa shape index (κ3) is 10.2. The maximum atomic E-state index is 13.1. The van der Waals surface area contributed by atoms with Crippen LogP contribution in [0.15, 0.2) is 72.8 Å². The summed E-state index contributed by atoms with van der Waals surface area (Å²) in [6.07, 6.45) is 8.48. The van der Waals surface area contributed by atoms with E-state index in [1.807, 2.05) is 6.07 Å². The highest BCUT2D eigenvalue weighted by molar-refractivity contribution is 6.12. The SMILES string of the molecule is C.C.COC(=O)[C@@H]1C2CCC(C2)C[C@@H]1OC(=O)c1ccccc1.COC(=O)[C@@H]1C2CCC(C[C@@H]1OC(=O)c1ccccc1)N2C(=O)CCCCN1C(=O)C=CC1=O. The number of nitrogens with zero attached hydrogens (tertiary/aromatic N) is 2. The molecule has 8 atom stereocenters. The highest BCUT2D eigenvalue weighted by atomic mass is 16.6. The first-order valence-electron chi connectivity index (χ1n) is 19.1. The number of imide groups is 1. The van der Waals surface area contributed by atoms with Crippen LogP contribution in [0.5, 0.6) is 0 Å². The Morgan fingerprint density at radius 3 is 1.75 bits per heavy atom. The molecule has 308 valence electrons. The maximum absolute atomic E-state index is 13.1. The average Bonchev–Trinajstić information content (AvgIpc) is 3.85. The fourth-order valence-electron chi connectivity index (χ4n) is 9.03. The van der Waals surface area contributed by atoms with Gasteiger partial charge in [-0.1, -0.05) is 57.7 Å². The summed E-state index contributed by atoms with van der Waals surface area (Å²) in [6.45, 7) is 0.271. The smallest absolute Gasteiger partial charge is 0.338 e. The minimum atomic E-state index is -0.744. The zero-order chi connectivity index (χ0) is 39.1. The summed E-state index contributed by atoms with van der Waals surface area (Å²) in [5.74, 6) is -2.51. The molecule has 4 bridgehead atoms. The monoisotopic (exact) mass is 788 g/mol. The summed E-state index contributed by atoms with van der Waals surface area (Å²) in [5, 5.41) is 0. The number of methoxy groups -OCH3 is 2. The molecule has 0 aromatic heterocycles. The van der Waals surface area contributed by atoms with Crippen molar-refractivity contribution < 1.29 is 52.5 Å². The Kier molecular flexibility index (Phi) is 15.7. The van der Waals surface area contributed by atoms with E-state index in [1.54, 1.807) is 59.5 Å². The van der Waals surface area contributed by atoms with Crippen molar-refractivity contribution in [1.29, 1.82) is 0 Å². The molecule has 2 aromatic rings. The number of carbonyl (C=O) groups excluding carboxylic acids is 7. The second-order valence-electron chi connectivity index (χ2n) is 14.8. The number of carbonyl (C=O) groups is 7. The van der Waals surface area contributed by atoms with Crippen LogP contribution >= 0.6 is 0 Å². The van der Waals surface area contributed by atoms with Gasteiger partial charge in [0, 0.05) is 43.6 Å². The number of piperidine rings is 1. The molecule has 2 saturated heterocycles. The number of rotatable bonds is 11. The topological polar surface area (TPSA) is 163 Å². The molecule has 4 unspecified atom stereocenters. The van der Waals surface area contributed by atoms with Crippen LogP contribution in [0.25, 0.3) is 0 Å². The van der Waals surface area contributed by atoms with E-state index in [0.29, 0.717) is 48.6 Å². The normalized spacial score (nSPS) is 26.6. The van der Waals surface area contributed by atoms with E-state index >= 15 is 0 Å². The van der Waals surface area contributed by atoms with Gasteiger partial charge in [-0.25, -0.2) is 9.59 Å². The van der Waals surface area contributed by atoms with Crippen molar-refractivity contribution in [2.45, 2.75) is 103 Å². The minimum Gasteiger partial charge on any atom is -0.469 e. The number of amides is 3. The van der Waals surface area contributed by atoms with Gasteiger partial charge in [-0.15, -0.1) is 0 Å². The Labute approximate surface area is 335 Å². The summed E-state index contributed by atoms with van der Waals surface area (Å²) in [7, 11) is 2.70. The summed E-state index contributed by atoms with van der Waals surface area (Å²) >= 11 is 0. The quantitative estimate of drug-likeness (QED) is 0.114. The zero-order valence-electron chi connectivity index (χ0n) is 31.2. The summed E-state index contributed by atoms with van der Waals surface area (Å²) < 4.78 is 21.3. The molecule has 13 nitrogen and oxygen atoms in total. The fourth-order valence-corrected chi connectivity index (χ4v) is 9.03. The van der Waals surface area contributed by atoms with Gasteiger partial charge in [0.15, 0.2) is 0 Å². The standard InChI is InChI=1S/C25H28N2O7.C17H20O4.2CH4/c1-33-25(32)23-18-11-10-17(15-19(23)34-24(31)16-7-3-2-4-8-16)27(18)22(30)9-5-6-14-26-20(28)12-13-21(26)29;1-20-17(19)15-13-8-7-11(9-13)10-14(15)21-16(18)12-5-3-2-4-6-12;;/h2-4,7-8,12-13,17-19,23H,5-6,9-11,14-15H2,1H3;2-6,11,13-15H,7-10H2,1H3;2*1H4/t17?,18?,19-,23+;11?,13?,14-,15+;;/m00../s1. The number of hydrogen-bond acceptors (Lipinski definition) is 11. The predicted molar refractivity (Wildman–Crippen MR) is 209 cm³/mol. The summed E-state index contributed by atoms with van der Waals surface area (Å²) in [6, 6.07) is 17.0. The van der Waals surface area contributed by atoms with Crippen molar-refractivity contribution in [2.75, 3.05) is 20.8 Å². The first-order chi connectivity index (χ1) is 26.6. The van der Waals surface area contributed by atoms with Crippen LogP contribution in [0.3, 0.4) is 0 Å². The number of hydrogen-bond donors (Lipinski definition) is 0. The largest absolute Gasteiger partial charge is 0.469 e. The van der Waals surface area contributed by atoms with Gasteiger partial charge in [0.1, 0.15) is 18.1 Å². The summed E-state index contributed by atoms with van der Waals surface area (Å²) in [4.78, 5) is 88.9. The third-order valence-corrected chi connectivity index (χ3v) is 11.6. The van der Waals surface area contributed by atoms with E-state index in [4.69, 9.17) is 18.9 Å². The van der Waals surface area contributed by atoms with Crippen molar-refractivity contribution in [2.24, 2.45) is 23.7 Å². The highest BCUT2D eigenvalue weighted by Gasteiger charge is 2.54. The van der Waals surface area contributed by atoms with Crippen LogP contribution in [0.1, 0.15) is 99.8 Å². The fraction of sp³-hybridized carbons (Fsp3) is 0.523. The number of unbranched alkanes of at least 4 members (excludes halogenated alkanes) is 1. The molecule has 2 saturated carbocycles. The Bertz CT molecular complexity index is 1760. The number of benzene rings is 2. The van der Waals surface area contributed by atoms with E-state index in [9.17, 15) is 33.6 Å². The van der Waals surface area contributed by atoms with Crippen LogP contribution in [-0.4, -0.2) is 96.5 Å². The lowest BCUT2D eigenvalue weighted by molar-refractivity contribution is -0.160.